The molecular weight excluding hydrogens is 388 g/mol. The van der Waals surface area contributed by atoms with Gasteiger partial charge in [-0.05, 0) is 49.4 Å². The van der Waals surface area contributed by atoms with Gasteiger partial charge in [0.05, 0.1) is 26.2 Å². The molecule has 0 unspecified atom stereocenters. The van der Waals surface area contributed by atoms with Crippen LogP contribution in [0.4, 0.5) is 0 Å². The van der Waals surface area contributed by atoms with E-state index in [4.69, 9.17) is 18.9 Å². The minimum atomic E-state index is -0.600. The van der Waals surface area contributed by atoms with Gasteiger partial charge in [-0.25, -0.2) is 0 Å². The quantitative estimate of drug-likeness (QED) is 0.459. The van der Waals surface area contributed by atoms with Gasteiger partial charge in [0, 0.05) is 24.0 Å². The van der Waals surface area contributed by atoms with Gasteiger partial charge in [0.15, 0.2) is 29.7 Å². The lowest BCUT2D eigenvalue weighted by atomic mass is 10.1. The van der Waals surface area contributed by atoms with Crippen LogP contribution in [0, 0.1) is 0 Å². The monoisotopic (exact) mass is 412 g/mol. The molecular formula is C23H24O7. The van der Waals surface area contributed by atoms with Crippen molar-refractivity contribution in [1.29, 1.82) is 0 Å². The molecule has 3 rings (SSSR count). The Morgan fingerprint density at radius 2 is 1.57 bits per heavy atom. The zero-order valence-corrected chi connectivity index (χ0v) is 16.8. The average Bonchev–Trinajstić information content (AvgIpc) is 3.01. The summed E-state index contributed by atoms with van der Waals surface area (Å²) in [5.41, 5.74) is 0.868. The number of Topliss-reactive ketones (excluding diaryl/α,β-unsaturated/α-hetero) is 2. The molecule has 0 saturated heterocycles. The van der Waals surface area contributed by atoms with E-state index in [2.05, 4.69) is 0 Å². The number of fused-ring (bicyclic) bond motifs is 1. The molecule has 0 bridgehead atoms. The number of esters is 1. The van der Waals surface area contributed by atoms with E-state index in [1.165, 1.54) is 0 Å². The third-order valence-corrected chi connectivity index (χ3v) is 4.48. The Balaban J connectivity index is 1.45. The smallest absolute Gasteiger partial charge is 0.306 e. The van der Waals surface area contributed by atoms with E-state index in [-0.39, 0.29) is 31.0 Å². The van der Waals surface area contributed by atoms with E-state index in [0.717, 1.165) is 6.42 Å². The number of ketones is 2. The molecule has 0 fully saturated rings. The molecule has 0 spiro atoms. The highest BCUT2D eigenvalue weighted by Crippen LogP contribution is 2.30. The number of carbonyl (C=O) groups is 3. The molecule has 1 aliphatic heterocycles. The van der Waals surface area contributed by atoms with Crippen molar-refractivity contribution in [3.8, 4) is 17.2 Å². The summed E-state index contributed by atoms with van der Waals surface area (Å²) in [7, 11) is 0. The third-order valence-electron chi connectivity index (χ3n) is 4.48. The lowest BCUT2D eigenvalue weighted by Crippen LogP contribution is -2.15. The molecule has 0 aliphatic carbocycles. The van der Waals surface area contributed by atoms with Crippen LogP contribution in [0.5, 0.6) is 17.2 Å². The van der Waals surface area contributed by atoms with Crippen LogP contribution in [0.2, 0.25) is 0 Å². The summed E-state index contributed by atoms with van der Waals surface area (Å²) in [5.74, 6) is 0.676. The van der Waals surface area contributed by atoms with E-state index in [9.17, 15) is 14.4 Å². The summed E-state index contributed by atoms with van der Waals surface area (Å²) < 4.78 is 21.5. The van der Waals surface area contributed by atoms with Crippen molar-refractivity contribution in [3.63, 3.8) is 0 Å². The van der Waals surface area contributed by atoms with E-state index in [0.29, 0.717) is 48.2 Å². The van der Waals surface area contributed by atoms with Crippen molar-refractivity contribution in [1.82, 2.24) is 0 Å². The Morgan fingerprint density at radius 1 is 0.867 bits per heavy atom. The molecule has 2 aromatic rings. The standard InChI is InChI=1S/C23H24O7/c1-2-27-18-7-4-16(5-8-18)20(25)15-30-23(26)11-9-19(24)17-6-10-21-22(14-17)29-13-3-12-28-21/h4-8,10,14H,2-3,9,11-13,15H2,1H3. The van der Waals surface area contributed by atoms with Crippen molar-refractivity contribution in [3.05, 3.63) is 53.6 Å². The van der Waals surface area contributed by atoms with Gasteiger partial charge in [0.25, 0.3) is 0 Å². The SMILES string of the molecule is CCOc1ccc(C(=O)COC(=O)CCC(=O)c2ccc3c(c2)OCCCO3)cc1. The zero-order valence-electron chi connectivity index (χ0n) is 16.8. The molecule has 30 heavy (non-hydrogen) atoms. The van der Waals surface area contributed by atoms with Gasteiger partial charge in [-0.3, -0.25) is 14.4 Å². The van der Waals surface area contributed by atoms with Crippen LogP contribution in [0.1, 0.15) is 46.9 Å². The second-order valence-corrected chi connectivity index (χ2v) is 6.68. The van der Waals surface area contributed by atoms with Crippen LogP contribution in [-0.4, -0.2) is 44.0 Å². The number of hydrogen-bond acceptors (Lipinski definition) is 7. The first-order chi connectivity index (χ1) is 14.6. The van der Waals surface area contributed by atoms with Crippen LogP contribution in [0.3, 0.4) is 0 Å². The predicted molar refractivity (Wildman–Crippen MR) is 109 cm³/mol. The molecule has 2 aromatic carbocycles. The van der Waals surface area contributed by atoms with Crippen LogP contribution < -0.4 is 14.2 Å². The molecule has 0 radical (unpaired) electrons. The maximum atomic E-state index is 12.4. The van der Waals surface area contributed by atoms with Crippen molar-refractivity contribution in [2.75, 3.05) is 26.4 Å². The summed E-state index contributed by atoms with van der Waals surface area (Å²) in [6.07, 6.45) is 0.652. The van der Waals surface area contributed by atoms with Crippen LogP contribution in [-0.2, 0) is 9.53 Å². The van der Waals surface area contributed by atoms with Crippen molar-refractivity contribution in [2.24, 2.45) is 0 Å². The van der Waals surface area contributed by atoms with Crippen molar-refractivity contribution >= 4 is 17.5 Å². The molecule has 7 nitrogen and oxygen atoms in total. The summed E-state index contributed by atoms with van der Waals surface area (Å²) in [5, 5.41) is 0. The van der Waals surface area contributed by atoms with Crippen LogP contribution in [0.15, 0.2) is 42.5 Å². The number of rotatable bonds is 9. The van der Waals surface area contributed by atoms with E-state index < -0.39 is 5.97 Å². The van der Waals surface area contributed by atoms with Gasteiger partial charge in [0.2, 0.25) is 0 Å². The highest BCUT2D eigenvalue weighted by atomic mass is 16.5. The van der Waals surface area contributed by atoms with E-state index >= 15 is 0 Å². The highest BCUT2D eigenvalue weighted by molar-refractivity contribution is 5.99. The molecule has 158 valence electrons. The summed E-state index contributed by atoms with van der Waals surface area (Å²) in [4.78, 5) is 36.5. The topological polar surface area (TPSA) is 88.1 Å². The highest BCUT2D eigenvalue weighted by Gasteiger charge is 2.16. The average molecular weight is 412 g/mol. The fraction of sp³-hybridized carbons (Fsp3) is 0.348. The number of hydrogen-bond donors (Lipinski definition) is 0. The predicted octanol–water partition coefficient (Wildman–Crippen LogP) is 3.64. The number of benzene rings is 2. The Hall–Kier alpha value is -3.35. The van der Waals surface area contributed by atoms with Gasteiger partial charge in [-0.2, -0.15) is 0 Å². The second-order valence-electron chi connectivity index (χ2n) is 6.68. The fourth-order valence-corrected chi connectivity index (χ4v) is 2.90. The fourth-order valence-electron chi connectivity index (χ4n) is 2.90. The molecule has 0 saturated carbocycles. The van der Waals surface area contributed by atoms with Gasteiger partial charge in [0.1, 0.15) is 5.75 Å². The first-order valence-electron chi connectivity index (χ1n) is 9.91. The summed E-state index contributed by atoms with van der Waals surface area (Å²) in [6, 6.07) is 11.6. The van der Waals surface area contributed by atoms with E-state index in [1.807, 2.05) is 6.92 Å². The van der Waals surface area contributed by atoms with Crippen LogP contribution >= 0.6 is 0 Å². The van der Waals surface area contributed by atoms with Gasteiger partial charge < -0.3 is 18.9 Å². The largest absolute Gasteiger partial charge is 0.494 e. The lowest BCUT2D eigenvalue weighted by Gasteiger charge is -2.09. The molecule has 1 aliphatic rings. The second kappa shape index (κ2) is 10.4. The zero-order chi connectivity index (χ0) is 21.3. The van der Waals surface area contributed by atoms with Gasteiger partial charge >= 0.3 is 5.97 Å². The van der Waals surface area contributed by atoms with Crippen LogP contribution in [0.25, 0.3) is 0 Å². The third kappa shape index (κ3) is 5.83. The summed E-state index contributed by atoms with van der Waals surface area (Å²) in [6.45, 7) is 3.14. The minimum absolute atomic E-state index is 0.0181. The molecule has 1 heterocycles. The first-order valence-corrected chi connectivity index (χ1v) is 9.91. The Bertz CT molecular complexity index is 902. The number of carbonyl (C=O) groups excluding carboxylic acids is 3. The van der Waals surface area contributed by atoms with E-state index in [1.54, 1.807) is 42.5 Å². The molecule has 7 heteroatoms. The maximum Gasteiger partial charge on any atom is 0.306 e. The normalized spacial score (nSPS) is 12.6. The maximum absolute atomic E-state index is 12.4. The first kappa shape index (κ1) is 21.4. The molecule has 0 amide bonds. The molecule has 0 atom stereocenters. The van der Waals surface area contributed by atoms with Gasteiger partial charge in [-0.1, -0.05) is 0 Å². The van der Waals surface area contributed by atoms with Crippen molar-refractivity contribution in [2.45, 2.75) is 26.2 Å². The Morgan fingerprint density at radius 3 is 2.30 bits per heavy atom. The Kier molecular flexibility index (Phi) is 7.43. The molecule has 0 aromatic heterocycles. The summed E-state index contributed by atoms with van der Waals surface area (Å²) >= 11 is 0. The van der Waals surface area contributed by atoms with Crippen molar-refractivity contribution < 1.29 is 33.3 Å². The number of ether oxygens (including phenoxy) is 4. The van der Waals surface area contributed by atoms with Gasteiger partial charge in [-0.15, -0.1) is 0 Å². The lowest BCUT2D eigenvalue weighted by molar-refractivity contribution is -0.142. The Labute approximate surface area is 174 Å². The molecule has 0 N–H and O–H groups in total. The minimum Gasteiger partial charge on any atom is -0.494 e.